The van der Waals surface area contributed by atoms with Crippen LogP contribution < -0.4 is 10.0 Å². The molecule has 7 heteroatoms. The van der Waals surface area contributed by atoms with Gasteiger partial charge in [0.2, 0.25) is 15.9 Å². The van der Waals surface area contributed by atoms with E-state index in [0.717, 1.165) is 23.1 Å². The third-order valence-corrected chi connectivity index (χ3v) is 3.28. The predicted octanol–water partition coefficient (Wildman–Crippen LogP) is 0.254. The van der Waals surface area contributed by atoms with Crippen molar-refractivity contribution in [3.63, 3.8) is 0 Å². The van der Waals surface area contributed by atoms with Gasteiger partial charge in [-0.05, 0) is 31.0 Å². The molecule has 0 radical (unpaired) electrons. The van der Waals surface area contributed by atoms with Crippen molar-refractivity contribution in [3.8, 4) is 0 Å². The van der Waals surface area contributed by atoms with Crippen LogP contribution in [0.1, 0.15) is 23.2 Å². The Balaban J connectivity index is 2.38. The van der Waals surface area contributed by atoms with E-state index in [0.29, 0.717) is 6.54 Å². The molecule has 0 spiro atoms. The highest BCUT2D eigenvalue weighted by Gasteiger charge is 2.06. The summed E-state index contributed by atoms with van der Waals surface area (Å²) in [6, 6.07) is 1.95. The van der Waals surface area contributed by atoms with E-state index in [-0.39, 0.29) is 18.9 Å². The minimum atomic E-state index is -3.24. The summed E-state index contributed by atoms with van der Waals surface area (Å²) in [5.74, 6) is -0.198. The summed E-state index contributed by atoms with van der Waals surface area (Å²) < 4.78 is 23.9. The molecule has 106 valence electrons. The number of carbonyl (C=O) groups excluding carboxylic acids is 1. The second-order valence-corrected chi connectivity index (χ2v) is 6.28. The van der Waals surface area contributed by atoms with E-state index < -0.39 is 10.0 Å². The lowest BCUT2D eigenvalue weighted by molar-refractivity contribution is -0.121. The summed E-state index contributed by atoms with van der Waals surface area (Å²) in [6.07, 6.45) is 2.91. The second kappa shape index (κ2) is 6.63. The molecule has 1 heterocycles. The molecule has 0 fully saturated rings. The molecule has 0 aliphatic carbocycles. The van der Waals surface area contributed by atoms with E-state index >= 15 is 0 Å². The van der Waals surface area contributed by atoms with Crippen LogP contribution in [0, 0.1) is 13.8 Å². The van der Waals surface area contributed by atoms with E-state index in [2.05, 4.69) is 15.0 Å². The van der Waals surface area contributed by atoms with Gasteiger partial charge in [-0.1, -0.05) is 0 Å². The molecule has 1 amide bonds. The summed E-state index contributed by atoms with van der Waals surface area (Å²) in [5, 5.41) is 2.73. The summed E-state index contributed by atoms with van der Waals surface area (Å²) in [4.78, 5) is 15.7. The number of sulfonamides is 1. The lowest BCUT2D eigenvalue weighted by Crippen LogP contribution is -2.30. The average molecular weight is 285 g/mol. The van der Waals surface area contributed by atoms with Crippen molar-refractivity contribution >= 4 is 15.9 Å². The van der Waals surface area contributed by atoms with Gasteiger partial charge >= 0.3 is 0 Å². The Morgan fingerprint density at radius 1 is 1.37 bits per heavy atom. The monoisotopic (exact) mass is 285 g/mol. The van der Waals surface area contributed by atoms with Crippen LogP contribution in [0.15, 0.2) is 12.3 Å². The molecule has 0 aliphatic heterocycles. The zero-order valence-electron chi connectivity index (χ0n) is 11.4. The first-order valence-corrected chi connectivity index (χ1v) is 7.80. The molecule has 2 N–H and O–H groups in total. The average Bonchev–Trinajstić information content (AvgIpc) is 2.26. The molecule has 0 bridgehead atoms. The number of carbonyl (C=O) groups is 1. The zero-order chi connectivity index (χ0) is 14.5. The van der Waals surface area contributed by atoms with Gasteiger partial charge in [0.25, 0.3) is 0 Å². The van der Waals surface area contributed by atoms with Crippen LogP contribution in [-0.4, -0.2) is 32.1 Å². The lowest BCUT2D eigenvalue weighted by Gasteiger charge is -2.08. The van der Waals surface area contributed by atoms with E-state index in [1.165, 1.54) is 0 Å². The maximum absolute atomic E-state index is 11.5. The third kappa shape index (κ3) is 6.30. The van der Waals surface area contributed by atoms with Gasteiger partial charge in [0.1, 0.15) is 0 Å². The first-order valence-electron chi connectivity index (χ1n) is 5.91. The largest absolute Gasteiger partial charge is 0.352 e. The number of amides is 1. The number of hydrogen-bond donors (Lipinski definition) is 2. The smallest absolute Gasteiger partial charge is 0.221 e. The van der Waals surface area contributed by atoms with Gasteiger partial charge in [-0.2, -0.15) is 0 Å². The van der Waals surface area contributed by atoms with Crippen molar-refractivity contribution < 1.29 is 13.2 Å². The number of aromatic nitrogens is 1. The highest BCUT2D eigenvalue weighted by molar-refractivity contribution is 7.88. The maximum atomic E-state index is 11.5. The number of pyridine rings is 1. The molecule has 19 heavy (non-hydrogen) atoms. The van der Waals surface area contributed by atoms with E-state index in [9.17, 15) is 13.2 Å². The van der Waals surface area contributed by atoms with E-state index in [1.807, 2.05) is 19.9 Å². The van der Waals surface area contributed by atoms with E-state index in [4.69, 9.17) is 0 Å². The first-order chi connectivity index (χ1) is 8.78. The minimum Gasteiger partial charge on any atom is -0.352 e. The second-order valence-electron chi connectivity index (χ2n) is 4.45. The SMILES string of the molecule is Cc1cc(C)c(CNC(=O)CCNS(C)(=O)=O)cn1. The fourth-order valence-electron chi connectivity index (χ4n) is 1.54. The Bertz CT molecular complexity index is 555. The molecule has 0 aromatic carbocycles. The Morgan fingerprint density at radius 3 is 2.63 bits per heavy atom. The molecule has 1 aromatic rings. The van der Waals surface area contributed by atoms with Crippen molar-refractivity contribution in [2.75, 3.05) is 12.8 Å². The zero-order valence-corrected chi connectivity index (χ0v) is 12.2. The van der Waals surface area contributed by atoms with Crippen LogP contribution in [0.25, 0.3) is 0 Å². The van der Waals surface area contributed by atoms with Crippen LogP contribution in [0.2, 0.25) is 0 Å². The fraction of sp³-hybridized carbons (Fsp3) is 0.500. The Labute approximate surface area is 113 Å². The quantitative estimate of drug-likeness (QED) is 0.784. The van der Waals surface area contributed by atoms with Crippen molar-refractivity contribution in [3.05, 3.63) is 29.1 Å². The summed E-state index contributed by atoms with van der Waals surface area (Å²) in [6.45, 7) is 4.38. The highest BCUT2D eigenvalue weighted by Crippen LogP contribution is 2.07. The predicted molar refractivity (Wildman–Crippen MR) is 73.0 cm³/mol. The van der Waals surface area contributed by atoms with Crippen LogP contribution in [0.4, 0.5) is 0 Å². The molecule has 0 saturated carbocycles. The van der Waals surface area contributed by atoms with Gasteiger partial charge in [-0.25, -0.2) is 13.1 Å². The third-order valence-electron chi connectivity index (χ3n) is 2.55. The summed E-state index contributed by atoms with van der Waals surface area (Å²) >= 11 is 0. The minimum absolute atomic E-state index is 0.107. The van der Waals surface area contributed by atoms with Gasteiger partial charge in [0, 0.05) is 31.4 Å². The summed E-state index contributed by atoms with van der Waals surface area (Å²) in [5.41, 5.74) is 2.96. The number of hydrogen-bond acceptors (Lipinski definition) is 4. The topological polar surface area (TPSA) is 88.2 Å². The molecular formula is C12H19N3O3S. The van der Waals surface area contributed by atoms with Gasteiger partial charge in [0.15, 0.2) is 0 Å². The van der Waals surface area contributed by atoms with Crippen LogP contribution in [-0.2, 0) is 21.4 Å². The molecule has 0 saturated heterocycles. The Kier molecular flexibility index (Phi) is 5.44. The highest BCUT2D eigenvalue weighted by atomic mass is 32.2. The van der Waals surface area contributed by atoms with Crippen molar-refractivity contribution in [1.82, 2.24) is 15.0 Å². The van der Waals surface area contributed by atoms with Gasteiger partial charge in [-0.15, -0.1) is 0 Å². The number of aryl methyl sites for hydroxylation is 2. The molecular weight excluding hydrogens is 266 g/mol. The number of nitrogens with zero attached hydrogens (tertiary/aromatic N) is 1. The van der Waals surface area contributed by atoms with Crippen LogP contribution >= 0.6 is 0 Å². The van der Waals surface area contributed by atoms with Gasteiger partial charge in [0.05, 0.1) is 6.26 Å². The van der Waals surface area contributed by atoms with Crippen molar-refractivity contribution in [2.45, 2.75) is 26.8 Å². The van der Waals surface area contributed by atoms with Gasteiger partial charge in [-0.3, -0.25) is 9.78 Å². The van der Waals surface area contributed by atoms with Crippen molar-refractivity contribution in [1.29, 1.82) is 0 Å². The van der Waals surface area contributed by atoms with Gasteiger partial charge < -0.3 is 5.32 Å². The molecule has 1 rings (SSSR count). The van der Waals surface area contributed by atoms with E-state index in [1.54, 1.807) is 6.20 Å². The van der Waals surface area contributed by atoms with Crippen LogP contribution in [0.3, 0.4) is 0 Å². The molecule has 0 unspecified atom stereocenters. The Hall–Kier alpha value is -1.47. The van der Waals surface area contributed by atoms with Crippen molar-refractivity contribution in [2.24, 2.45) is 0 Å². The lowest BCUT2D eigenvalue weighted by atomic mass is 10.1. The Morgan fingerprint density at radius 2 is 2.05 bits per heavy atom. The summed E-state index contributed by atoms with van der Waals surface area (Å²) in [7, 11) is -3.24. The molecule has 1 aromatic heterocycles. The fourth-order valence-corrected chi connectivity index (χ4v) is 2.01. The molecule has 0 atom stereocenters. The number of rotatable bonds is 6. The standard InChI is InChI=1S/C12H19N3O3S/c1-9-6-10(2)13-7-11(9)8-14-12(16)4-5-15-19(3,17)18/h6-7,15H,4-5,8H2,1-3H3,(H,14,16). The molecule has 0 aliphatic rings. The maximum Gasteiger partial charge on any atom is 0.221 e. The normalized spacial score (nSPS) is 11.3. The number of nitrogens with one attached hydrogen (secondary N) is 2. The van der Waals surface area contributed by atoms with Crippen LogP contribution in [0.5, 0.6) is 0 Å². The first kappa shape index (κ1) is 15.6. The molecule has 6 nitrogen and oxygen atoms in total.